The number of amides is 1. The van der Waals surface area contributed by atoms with Crippen molar-refractivity contribution in [2.75, 3.05) is 18.6 Å². The maximum Gasteiger partial charge on any atom is 0.416 e. The molecule has 272 valence electrons. The van der Waals surface area contributed by atoms with Crippen molar-refractivity contribution in [2.24, 2.45) is 5.73 Å². The largest absolute Gasteiger partial charge is 0.469 e. The molecular weight excluding hydrogens is 755 g/mol. The summed E-state index contributed by atoms with van der Waals surface area (Å²) in [6, 6.07) is 3.71. The third kappa shape index (κ3) is 8.86. The molecule has 0 saturated heterocycles. The quantitative estimate of drug-likeness (QED) is 0.131. The molecule has 3 aromatic rings. The number of carbonyl (C=O) groups excluding carboxylic acids is 2. The second kappa shape index (κ2) is 14.7. The first-order valence-electron chi connectivity index (χ1n) is 15.0. The molecule has 0 spiro atoms. The van der Waals surface area contributed by atoms with Crippen LogP contribution in [-0.2, 0) is 39.2 Å². The lowest BCUT2D eigenvalue weighted by molar-refractivity contribution is -0.143. The highest BCUT2D eigenvalue weighted by Crippen LogP contribution is 2.47. The number of halogens is 10. The Morgan fingerprint density at radius 2 is 1.58 bits per heavy atom. The minimum atomic E-state index is -5.09. The van der Waals surface area contributed by atoms with Crippen LogP contribution < -0.4 is 10.6 Å². The highest BCUT2D eigenvalue weighted by molar-refractivity contribution is 9.10. The lowest BCUT2D eigenvalue weighted by Crippen LogP contribution is -2.61. The van der Waals surface area contributed by atoms with Gasteiger partial charge in [0, 0.05) is 25.0 Å². The number of esters is 1. The molecule has 0 radical (unpaired) electrons. The first-order chi connectivity index (χ1) is 23.2. The van der Waals surface area contributed by atoms with Gasteiger partial charge in [-0.3, -0.25) is 9.69 Å². The van der Waals surface area contributed by atoms with Gasteiger partial charge in [-0.2, -0.15) is 39.5 Å². The Kier molecular flexibility index (Phi) is 11.5. The molecule has 18 heteroatoms. The van der Waals surface area contributed by atoms with Crippen LogP contribution >= 0.6 is 15.9 Å². The fraction of sp³-hybridized carbons (Fsp3) is 0.438. The number of unbranched alkanes of at least 4 members (excludes halogenated alkanes) is 1. The van der Waals surface area contributed by atoms with Gasteiger partial charge >= 0.3 is 30.6 Å². The lowest BCUT2D eigenvalue weighted by atomic mass is 9.80. The number of anilines is 1. The van der Waals surface area contributed by atoms with Crippen LogP contribution in [0, 0.1) is 0 Å². The second-order valence-electron chi connectivity index (χ2n) is 11.6. The molecule has 0 fully saturated rings. The third-order valence-corrected chi connectivity index (χ3v) is 8.83. The molecule has 8 nitrogen and oxygen atoms in total. The van der Waals surface area contributed by atoms with E-state index in [9.17, 15) is 49.1 Å². The number of hydrogen-bond acceptors (Lipinski definition) is 7. The van der Waals surface area contributed by atoms with E-state index in [2.05, 4.69) is 30.6 Å². The summed E-state index contributed by atoms with van der Waals surface area (Å²) in [5, 5.41) is 0. The number of benzene rings is 2. The van der Waals surface area contributed by atoms with E-state index in [0.29, 0.717) is 18.6 Å². The maximum atomic E-state index is 13.9. The second-order valence-corrected chi connectivity index (χ2v) is 12.4. The molecule has 0 aliphatic carbocycles. The van der Waals surface area contributed by atoms with Crippen LogP contribution in [0.2, 0.25) is 0 Å². The van der Waals surface area contributed by atoms with Crippen molar-refractivity contribution in [3.63, 3.8) is 0 Å². The number of methoxy groups -OCH3 is 1. The van der Waals surface area contributed by atoms with Crippen LogP contribution in [0.1, 0.15) is 84.3 Å². The summed E-state index contributed by atoms with van der Waals surface area (Å²) >= 11 is 3.17. The Morgan fingerprint density at radius 1 is 0.960 bits per heavy atom. The van der Waals surface area contributed by atoms with Gasteiger partial charge in [0.15, 0.2) is 0 Å². The number of nitrogens with two attached hydrogens (primary N) is 1. The van der Waals surface area contributed by atoms with Gasteiger partial charge in [0.25, 0.3) is 0 Å². The van der Waals surface area contributed by atoms with Gasteiger partial charge < -0.3 is 15.2 Å². The zero-order valence-electron chi connectivity index (χ0n) is 26.4. The topological polar surface area (TPSA) is 108 Å². The fourth-order valence-electron chi connectivity index (χ4n) is 5.54. The van der Waals surface area contributed by atoms with Gasteiger partial charge in [-0.15, -0.1) is 0 Å². The fourth-order valence-corrected chi connectivity index (χ4v) is 5.87. The number of hydrogen-bond donors (Lipinski definition) is 1. The van der Waals surface area contributed by atoms with E-state index >= 15 is 0 Å². The number of aromatic nitrogens is 2. The van der Waals surface area contributed by atoms with Crippen LogP contribution in [0.3, 0.4) is 0 Å². The zero-order chi connectivity index (χ0) is 37.2. The van der Waals surface area contributed by atoms with E-state index in [1.54, 1.807) is 6.92 Å². The summed E-state index contributed by atoms with van der Waals surface area (Å²) in [5.74, 6) is -1.70. The Balaban J connectivity index is 1.76. The Labute approximate surface area is 288 Å². The number of ether oxygens (including phenoxy) is 2. The molecule has 1 amide bonds. The lowest BCUT2D eigenvalue weighted by Gasteiger charge is -2.46. The monoisotopic (exact) mass is 784 g/mol. The molecule has 2 atom stereocenters. The third-order valence-electron chi connectivity index (χ3n) is 8.16. The summed E-state index contributed by atoms with van der Waals surface area (Å²) in [7, 11) is 1.22. The van der Waals surface area contributed by atoms with Crippen LogP contribution in [0.25, 0.3) is 0 Å². The van der Waals surface area contributed by atoms with Gasteiger partial charge in [-0.05, 0) is 89.1 Å². The predicted molar refractivity (Wildman–Crippen MR) is 164 cm³/mol. The number of nitrogens with zero attached hydrogens (tertiary/aromatic N) is 3. The summed E-state index contributed by atoms with van der Waals surface area (Å²) < 4.78 is 133. The molecule has 0 bridgehead atoms. The molecule has 1 aromatic heterocycles. The molecule has 0 saturated carbocycles. The number of fused-ring (bicyclic) bond motifs is 1. The average molecular weight is 786 g/mol. The Hall–Kier alpha value is -3.93. The Morgan fingerprint density at radius 3 is 2.14 bits per heavy atom. The molecule has 0 unspecified atom stereocenters. The number of alkyl halides is 9. The minimum Gasteiger partial charge on any atom is -0.469 e. The van der Waals surface area contributed by atoms with Crippen molar-refractivity contribution in [1.82, 2.24) is 9.97 Å². The van der Waals surface area contributed by atoms with E-state index in [0.717, 1.165) is 23.1 Å². The van der Waals surface area contributed by atoms with Crippen LogP contribution in [0.15, 0.2) is 47.1 Å². The predicted octanol–water partition coefficient (Wildman–Crippen LogP) is 8.77. The van der Waals surface area contributed by atoms with E-state index in [4.69, 9.17) is 10.5 Å². The van der Waals surface area contributed by atoms with Gasteiger partial charge in [0.05, 0.1) is 46.3 Å². The van der Waals surface area contributed by atoms with Crippen molar-refractivity contribution in [3.8, 4) is 0 Å². The van der Waals surface area contributed by atoms with E-state index in [-0.39, 0.29) is 71.2 Å². The molecule has 2 heterocycles. The highest BCUT2D eigenvalue weighted by Gasteiger charge is 2.47. The maximum absolute atomic E-state index is 13.9. The average Bonchev–Trinajstić information content (AvgIpc) is 3.03. The molecule has 50 heavy (non-hydrogen) atoms. The van der Waals surface area contributed by atoms with Gasteiger partial charge in [-0.25, -0.2) is 14.8 Å². The van der Waals surface area contributed by atoms with E-state index in [1.807, 2.05) is 0 Å². The summed E-state index contributed by atoms with van der Waals surface area (Å²) in [6.07, 6.45) is -14.8. The highest BCUT2D eigenvalue weighted by atomic mass is 79.9. The zero-order valence-corrected chi connectivity index (χ0v) is 28.0. The molecule has 1 aliphatic heterocycles. The van der Waals surface area contributed by atoms with Crippen molar-refractivity contribution in [2.45, 2.75) is 75.6 Å². The molecular formula is C32H30BrF9N4O4. The van der Waals surface area contributed by atoms with Crippen LogP contribution in [0.5, 0.6) is 0 Å². The van der Waals surface area contributed by atoms with Crippen molar-refractivity contribution in [1.29, 1.82) is 0 Å². The smallest absolute Gasteiger partial charge is 0.416 e. The first-order valence-corrected chi connectivity index (χ1v) is 15.8. The van der Waals surface area contributed by atoms with E-state index in [1.165, 1.54) is 13.3 Å². The van der Waals surface area contributed by atoms with Gasteiger partial charge in [0.2, 0.25) is 0 Å². The SMILES string of the molecule is CC[C@]1(N)C[C@H](c2ncc(Br)c(Cc3cc(C(F)(F)F)cc(C(F)(F)F)c3)n2)c2cc(C(F)(F)F)ccc2N1C(=O)OCCCCC(=O)OC. The summed E-state index contributed by atoms with van der Waals surface area (Å²) in [4.78, 5) is 34.5. The van der Waals surface area contributed by atoms with Gasteiger partial charge in [0.1, 0.15) is 11.5 Å². The minimum absolute atomic E-state index is 0.00809. The Bertz CT molecular complexity index is 1700. The van der Waals surface area contributed by atoms with Crippen molar-refractivity contribution >= 4 is 33.7 Å². The summed E-state index contributed by atoms with van der Waals surface area (Å²) in [6.45, 7) is 1.48. The normalized spacial score (nSPS) is 18.1. The molecule has 2 aromatic carbocycles. The molecule has 1 aliphatic rings. The molecule has 4 rings (SSSR count). The van der Waals surface area contributed by atoms with E-state index < -0.39 is 65.3 Å². The van der Waals surface area contributed by atoms with Crippen LogP contribution in [0.4, 0.5) is 50.0 Å². The summed E-state index contributed by atoms with van der Waals surface area (Å²) in [5.41, 5.74) is 0.486. The van der Waals surface area contributed by atoms with Crippen molar-refractivity contribution in [3.05, 3.63) is 86.4 Å². The number of carbonyl (C=O) groups is 2. The van der Waals surface area contributed by atoms with Crippen molar-refractivity contribution < 1.29 is 58.6 Å². The first kappa shape index (κ1) is 38.9. The number of rotatable bonds is 9. The molecule has 2 N–H and O–H groups in total. The van der Waals surface area contributed by atoms with Crippen LogP contribution in [-0.4, -0.2) is 41.4 Å². The van der Waals surface area contributed by atoms with Gasteiger partial charge in [-0.1, -0.05) is 6.92 Å². The standard InChI is InChI=1S/C32H30BrF9N4O4/c1-3-29(43)15-22(21-14-18(30(34,35)36)7-8-25(21)46(29)28(48)50-9-5-4-6-26(47)49-2)27-44-16-23(33)24(45-27)12-17-10-19(31(37,38)39)13-20(11-17)32(40,41)42/h7-8,10-11,13-14,16,22H,3-6,9,12,15,43H2,1-2H3/t22-,29+/m0/s1.